The number of unbranched alkanes of at least 4 members (excludes halogenated alkanes) is 1. The Morgan fingerprint density at radius 3 is 3.00 bits per heavy atom. The summed E-state index contributed by atoms with van der Waals surface area (Å²) in [5, 5.41) is 0. The third-order valence-corrected chi connectivity index (χ3v) is 1.92. The first-order chi connectivity index (χ1) is 5.34. The van der Waals surface area contributed by atoms with Crippen molar-refractivity contribution in [1.82, 2.24) is 4.98 Å². The Balaban J connectivity index is 2.36. The summed E-state index contributed by atoms with van der Waals surface area (Å²) in [6.07, 6.45) is 7.42. The van der Waals surface area contributed by atoms with Gasteiger partial charge >= 0.3 is 0 Å². The van der Waals surface area contributed by atoms with E-state index in [2.05, 4.69) is 11.9 Å². The average molecular weight is 152 g/mol. The molecule has 1 aromatic rings. The normalized spacial score (nSPS) is 13.3. The van der Waals surface area contributed by atoms with Crippen molar-refractivity contribution in [3.05, 3.63) is 24.0 Å². The first-order valence-corrected chi connectivity index (χ1v) is 4.23. The molecule has 0 aromatic carbocycles. The third-order valence-electron chi connectivity index (χ3n) is 1.92. The van der Waals surface area contributed by atoms with E-state index in [0.29, 0.717) is 0 Å². The maximum absolute atomic E-state index is 5.91. The minimum Gasteiger partial charge on any atom is -0.367 e. The van der Waals surface area contributed by atoms with E-state index < -0.39 is 0 Å². The number of H-pyrrole nitrogens is 1. The summed E-state index contributed by atoms with van der Waals surface area (Å²) in [5.41, 5.74) is 7.13. The van der Waals surface area contributed by atoms with Gasteiger partial charge in [-0.15, -0.1) is 0 Å². The second-order valence-electron chi connectivity index (χ2n) is 2.89. The van der Waals surface area contributed by atoms with Gasteiger partial charge in [-0.2, -0.15) is 0 Å². The molecule has 62 valence electrons. The molecule has 0 spiro atoms. The van der Waals surface area contributed by atoms with Gasteiger partial charge < -0.3 is 10.7 Å². The van der Waals surface area contributed by atoms with E-state index in [-0.39, 0.29) is 6.04 Å². The summed E-state index contributed by atoms with van der Waals surface area (Å²) < 4.78 is 0. The predicted octanol–water partition coefficient (Wildman–Crippen LogP) is 2.20. The van der Waals surface area contributed by atoms with Gasteiger partial charge in [-0.05, 0) is 18.1 Å². The van der Waals surface area contributed by atoms with Gasteiger partial charge in [0.2, 0.25) is 0 Å². The molecule has 1 heterocycles. The van der Waals surface area contributed by atoms with Gasteiger partial charge in [0.1, 0.15) is 0 Å². The SMILES string of the molecule is CCCC[C@H](N)c1cc[nH]c1. The van der Waals surface area contributed by atoms with Crippen LogP contribution < -0.4 is 5.73 Å². The Kier molecular flexibility index (Phi) is 3.17. The highest BCUT2D eigenvalue weighted by Gasteiger charge is 2.03. The van der Waals surface area contributed by atoms with Crippen LogP contribution in [0.5, 0.6) is 0 Å². The standard InChI is InChI=1S/C9H16N2/c1-2-3-4-9(10)8-5-6-11-7-8/h5-7,9,11H,2-4,10H2,1H3/t9-/m0/s1. The molecule has 0 unspecified atom stereocenters. The number of hydrogen-bond donors (Lipinski definition) is 2. The Bertz CT molecular complexity index is 179. The van der Waals surface area contributed by atoms with Crippen molar-refractivity contribution in [1.29, 1.82) is 0 Å². The molecule has 0 aliphatic heterocycles. The number of hydrogen-bond acceptors (Lipinski definition) is 1. The van der Waals surface area contributed by atoms with Crippen molar-refractivity contribution >= 4 is 0 Å². The molecular weight excluding hydrogens is 136 g/mol. The zero-order chi connectivity index (χ0) is 8.10. The number of aromatic nitrogens is 1. The van der Waals surface area contributed by atoms with Crippen LogP contribution in [0, 0.1) is 0 Å². The van der Waals surface area contributed by atoms with Gasteiger partial charge in [0.25, 0.3) is 0 Å². The van der Waals surface area contributed by atoms with Gasteiger partial charge in [-0.3, -0.25) is 0 Å². The minimum absolute atomic E-state index is 0.223. The zero-order valence-corrected chi connectivity index (χ0v) is 7.01. The topological polar surface area (TPSA) is 41.8 Å². The predicted molar refractivity (Wildman–Crippen MR) is 47.2 cm³/mol. The molecule has 11 heavy (non-hydrogen) atoms. The Morgan fingerprint density at radius 2 is 2.45 bits per heavy atom. The fourth-order valence-electron chi connectivity index (χ4n) is 1.16. The molecule has 3 N–H and O–H groups in total. The van der Waals surface area contributed by atoms with Crippen LogP contribution in [0.1, 0.15) is 37.8 Å². The van der Waals surface area contributed by atoms with Gasteiger partial charge in [0.15, 0.2) is 0 Å². The molecule has 0 saturated carbocycles. The lowest BCUT2D eigenvalue weighted by Crippen LogP contribution is -2.08. The Labute approximate surface area is 67.8 Å². The van der Waals surface area contributed by atoms with Crippen LogP contribution in [-0.2, 0) is 0 Å². The van der Waals surface area contributed by atoms with E-state index in [1.54, 1.807) is 0 Å². The highest BCUT2D eigenvalue weighted by Crippen LogP contribution is 2.15. The van der Waals surface area contributed by atoms with E-state index in [1.807, 2.05) is 18.5 Å². The molecule has 0 aliphatic carbocycles. The van der Waals surface area contributed by atoms with E-state index in [4.69, 9.17) is 5.73 Å². The maximum atomic E-state index is 5.91. The van der Waals surface area contributed by atoms with Crippen LogP contribution in [-0.4, -0.2) is 4.98 Å². The van der Waals surface area contributed by atoms with Gasteiger partial charge in [-0.25, -0.2) is 0 Å². The zero-order valence-electron chi connectivity index (χ0n) is 7.01. The molecule has 0 amide bonds. The van der Waals surface area contributed by atoms with Crippen LogP contribution in [0.25, 0.3) is 0 Å². The van der Waals surface area contributed by atoms with Crippen LogP contribution in [0.15, 0.2) is 18.5 Å². The van der Waals surface area contributed by atoms with Gasteiger partial charge in [0.05, 0.1) is 0 Å². The van der Waals surface area contributed by atoms with E-state index in [1.165, 1.54) is 18.4 Å². The Morgan fingerprint density at radius 1 is 1.64 bits per heavy atom. The van der Waals surface area contributed by atoms with Crippen molar-refractivity contribution in [2.24, 2.45) is 5.73 Å². The lowest BCUT2D eigenvalue weighted by Gasteiger charge is -2.07. The molecule has 0 radical (unpaired) electrons. The molecule has 0 fully saturated rings. The quantitative estimate of drug-likeness (QED) is 0.682. The fraction of sp³-hybridized carbons (Fsp3) is 0.556. The summed E-state index contributed by atoms with van der Waals surface area (Å²) in [7, 11) is 0. The molecule has 0 aliphatic rings. The van der Waals surface area contributed by atoms with Crippen molar-refractivity contribution in [3.8, 4) is 0 Å². The molecule has 0 bridgehead atoms. The number of aromatic amines is 1. The Hall–Kier alpha value is -0.760. The summed E-state index contributed by atoms with van der Waals surface area (Å²) in [4.78, 5) is 3.01. The lowest BCUT2D eigenvalue weighted by molar-refractivity contribution is 0.604. The van der Waals surface area contributed by atoms with Gasteiger partial charge in [0, 0.05) is 18.4 Å². The van der Waals surface area contributed by atoms with Crippen molar-refractivity contribution < 1.29 is 0 Å². The molecule has 2 nitrogen and oxygen atoms in total. The molecule has 1 rings (SSSR count). The van der Waals surface area contributed by atoms with E-state index in [0.717, 1.165) is 6.42 Å². The highest BCUT2D eigenvalue weighted by molar-refractivity contribution is 5.12. The average Bonchev–Trinajstić information content (AvgIpc) is 2.52. The van der Waals surface area contributed by atoms with Crippen molar-refractivity contribution in [2.75, 3.05) is 0 Å². The van der Waals surface area contributed by atoms with Crippen LogP contribution >= 0.6 is 0 Å². The summed E-state index contributed by atoms with van der Waals surface area (Å²) >= 11 is 0. The highest BCUT2D eigenvalue weighted by atomic mass is 14.7. The second kappa shape index (κ2) is 4.19. The third kappa shape index (κ3) is 2.39. The van der Waals surface area contributed by atoms with Crippen molar-refractivity contribution in [3.63, 3.8) is 0 Å². The van der Waals surface area contributed by atoms with Gasteiger partial charge in [-0.1, -0.05) is 19.8 Å². The lowest BCUT2D eigenvalue weighted by atomic mass is 10.1. The van der Waals surface area contributed by atoms with Crippen LogP contribution in [0.3, 0.4) is 0 Å². The number of rotatable bonds is 4. The van der Waals surface area contributed by atoms with E-state index in [9.17, 15) is 0 Å². The smallest absolute Gasteiger partial charge is 0.0309 e. The molecule has 1 aromatic heterocycles. The number of nitrogens with one attached hydrogen (secondary N) is 1. The number of nitrogens with two attached hydrogens (primary N) is 1. The van der Waals surface area contributed by atoms with E-state index >= 15 is 0 Å². The first kappa shape index (κ1) is 8.34. The first-order valence-electron chi connectivity index (χ1n) is 4.23. The minimum atomic E-state index is 0.223. The summed E-state index contributed by atoms with van der Waals surface area (Å²) in [6, 6.07) is 2.27. The van der Waals surface area contributed by atoms with Crippen molar-refractivity contribution in [2.45, 2.75) is 32.2 Å². The molecular formula is C9H16N2. The van der Waals surface area contributed by atoms with Crippen LogP contribution in [0.2, 0.25) is 0 Å². The largest absolute Gasteiger partial charge is 0.367 e. The maximum Gasteiger partial charge on any atom is 0.0309 e. The molecule has 2 heteroatoms. The monoisotopic (exact) mass is 152 g/mol. The summed E-state index contributed by atoms with van der Waals surface area (Å²) in [6.45, 7) is 2.18. The molecule has 0 saturated heterocycles. The summed E-state index contributed by atoms with van der Waals surface area (Å²) in [5.74, 6) is 0. The molecule has 1 atom stereocenters. The van der Waals surface area contributed by atoms with Crippen LogP contribution in [0.4, 0.5) is 0 Å². The fourth-order valence-corrected chi connectivity index (χ4v) is 1.16. The second-order valence-corrected chi connectivity index (χ2v) is 2.89.